The fraction of sp³-hybridized carbons (Fsp3) is 0.100. The zero-order valence-electron chi connectivity index (χ0n) is 8.38. The lowest BCUT2D eigenvalue weighted by Crippen LogP contribution is -1.96. The molecule has 1 aromatic carbocycles. The van der Waals surface area contributed by atoms with Crippen LogP contribution in [0.2, 0.25) is 5.02 Å². The number of aryl methyl sites for hydroxylation is 1. The number of carbonyl (C=O) groups is 1. The summed E-state index contributed by atoms with van der Waals surface area (Å²) in [7, 11) is 0. The van der Waals surface area contributed by atoms with Crippen LogP contribution in [0, 0.1) is 6.92 Å². The molecule has 0 aromatic heterocycles. The van der Waals surface area contributed by atoms with Gasteiger partial charge in [0.25, 0.3) is 0 Å². The van der Waals surface area contributed by atoms with Crippen molar-refractivity contribution >= 4 is 23.6 Å². The van der Waals surface area contributed by atoms with Crippen LogP contribution in [0.5, 0.6) is 0 Å². The van der Waals surface area contributed by atoms with Crippen molar-refractivity contribution in [3.05, 3.63) is 50.5 Å². The predicted molar refractivity (Wildman–Crippen MR) is 60.9 cm³/mol. The highest BCUT2D eigenvalue weighted by Gasteiger charge is 2.07. The Kier molecular flexibility index (Phi) is 3.94. The molecule has 5 nitrogen and oxygen atoms in total. The Bertz CT molecular complexity index is 501. The second-order valence-electron chi connectivity index (χ2n) is 3.00. The van der Waals surface area contributed by atoms with Gasteiger partial charge in [0.15, 0.2) is 0 Å². The first kappa shape index (κ1) is 12.1. The number of nitrogens with zero attached hydrogens (tertiary/aromatic N) is 3. The molecule has 0 heterocycles. The number of rotatable bonds is 3. The van der Waals surface area contributed by atoms with E-state index in [2.05, 4.69) is 10.0 Å². The van der Waals surface area contributed by atoms with Crippen molar-refractivity contribution in [2.75, 3.05) is 0 Å². The Morgan fingerprint density at radius 3 is 2.88 bits per heavy atom. The molecule has 82 valence electrons. The van der Waals surface area contributed by atoms with Crippen molar-refractivity contribution in [1.29, 1.82) is 0 Å². The summed E-state index contributed by atoms with van der Waals surface area (Å²) >= 11 is 5.97. The van der Waals surface area contributed by atoms with Crippen LogP contribution >= 0.6 is 11.6 Å². The van der Waals surface area contributed by atoms with Crippen molar-refractivity contribution in [2.45, 2.75) is 6.92 Å². The quantitative estimate of drug-likeness (QED) is 0.378. The second-order valence-corrected chi connectivity index (χ2v) is 3.38. The number of carboxylic acid groups (broad SMARTS) is 1. The maximum atomic E-state index is 10.7. The average molecular weight is 238 g/mol. The molecule has 0 atom stereocenters. The van der Waals surface area contributed by atoms with Crippen LogP contribution in [0.4, 0.5) is 0 Å². The summed E-state index contributed by atoms with van der Waals surface area (Å²) in [5.41, 5.74) is 9.14. The van der Waals surface area contributed by atoms with E-state index in [1.165, 1.54) is 6.08 Å². The molecule has 1 N–H and O–H groups in total. The zero-order chi connectivity index (χ0) is 12.1. The molecular weight excluding hydrogens is 230 g/mol. The van der Waals surface area contributed by atoms with E-state index in [1.54, 1.807) is 25.1 Å². The van der Waals surface area contributed by atoms with Gasteiger partial charge in [0.2, 0.25) is 0 Å². The summed E-state index contributed by atoms with van der Waals surface area (Å²) in [6, 6.07) is 5.18. The highest BCUT2D eigenvalue weighted by atomic mass is 35.5. The van der Waals surface area contributed by atoms with Crippen LogP contribution in [0.1, 0.15) is 11.1 Å². The number of halogens is 1. The topological polar surface area (TPSA) is 86.1 Å². The predicted octanol–water partition coefficient (Wildman–Crippen LogP) is 3.38. The Balaban J connectivity index is 3.28. The van der Waals surface area contributed by atoms with Crippen LogP contribution in [-0.2, 0) is 4.79 Å². The molecule has 16 heavy (non-hydrogen) atoms. The first-order valence-electron chi connectivity index (χ1n) is 4.31. The minimum absolute atomic E-state index is 0.394. The number of hydrogen-bond donors (Lipinski definition) is 1. The van der Waals surface area contributed by atoms with E-state index in [-0.39, 0.29) is 0 Å². The molecular formula is C10H8ClN3O2. The molecule has 0 aliphatic rings. The summed E-state index contributed by atoms with van der Waals surface area (Å²) in [6.07, 6.45) is 1.23. The van der Waals surface area contributed by atoms with Gasteiger partial charge in [-0.2, -0.15) is 0 Å². The van der Waals surface area contributed by atoms with Gasteiger partial charge in [0.05, 0.1) is 5.02 Å². The maximum absolute atomic E-state index is 10.7. The van der Waals surface area contributed by atoms with E-state index < -0.39 is 11.7 Å². The van der Waals surface area contributed by atoms with E-state index in [0.29, 0.717) is 10.6 Å². The Morgan fingerprint density at radius 1 is 1.62 bits per heavy atom. The van der Waals surface area contributed by atoms with Gasteiger partial charge in [0, 0.05) is 4.91 Å². The lowest BCUT2D eigenvalue weighted by Gasteiger charge is -2.02. The first-order chi connectivity index (χ1) is 7.56. The smallest absolute Gasteiger partial charge is 0.338 e. The summed E-state index contributed by atoms with van der Waals surface area (Å²) in [5, 5.41) is 12.3. The van der Waals surface area contributed by atoms with E-state index in [0.717, 1.165) is 5.56 Å². The third-order valence-electron chi connectivity index (χ3n) is 1.89. The monoisotopic (exact) mass is 237 g/mol. The molecule has 0 saturated heterocycles. The highest BCUT2D eigenvalue weighted by Crippen LogP contribution is 2.22. The number of carboxylic acids is 1. The molecule has 0 saturated carbocycles. The number of azide groups is 1. The van der Waals surface area contributed by atoms with E-state index in [9.17, 15) is 4.79 Å². The fourth-order valence-electron chi connectivity index (χ4n) is 1.11. The van der Waals surface area contributed by atoms with Crippen LogP contribution in [0.25, 0.3) is 16.5 Å². The molecule has 0 fully saturated rings. The lowest BCUT2D eigenvalue weighted by atomic mass is 10.1. The second kappa shape index (κ2) is 5.21. The third-order valence-corrected chi connectivity index (χ3v) is 2.40. The SMILES string of the molecule is Cc1cccc(/C=C(/N=[N+]=[N-])C(=O)O)c1Cl. The molecule has 1 rings (SSSR count). The van der Waals surface area contributed by atoms with Crippen LogP contribution < -0.4 is 0 Å². The van der Waals surface area contributed by atoms with Gasteiger partial charge < -0.3 is 5.11 Å². The minimum Gasteiger partial charge on any atom is -0.478 e. The van der Waals surface area contributed by atoms with Crippen molar-refractivity contribution in [3.63, 3.8) is 0 Å². The maximum Gasteiger partial charge on any atom is 0.338 e. The van der Waals surface area contributed by atoms with Gasteiger partial charge in [-0.15, -0.1) is 0 Å². The van der Waals surface area contributed by atoms with Gasteiger partial charge in [-0.1, -0.05) is 34.9 Å². The van der Waals surface area contributed by atoms with Gasteiger partial charge in [-0.05, 0) is 29.7 Å². The molecule has 0 aliphatic carbocycles. The highest BCUT2D eigenvalue weighted by molar-refractivity contribution is 6.32. The van der Waals surface area contributed by atoms with Crippen LogP contribution in [0.3, 0.4) is 0 Å². The molecule has 0 bridgehead atoms. The molecule has 0 aliphatic heterocycles. The van der Waals surface area contributed by atoms with Gasteiger partial charge >= 0.3 is 5.97 Å². The molecule has 0 spiro atoms. The van der Waals surface area contributed by atoms with Crippen molar-refractivity contribution in [2.24, 2.45) is 5.11 Å². The van der Waals surface area contributed by atoms with E-state index in [1.807, 2.05) is 0 Å². The van der Waals surface area contributed by atoms with Gasteiger partial charge in [0.1, 0.15) is 5.70 Å². The lowest BCUT2D eigenvalue weighted by molar-refractivity contribution is -0.132. The summed E-state index contributed by atoms with van der Waals surface area (Å²) in [6.45, 7) is 1.80. The summed E-state index contributed by atoms with van der Waals surface area (Å²) in [4.78, 5) is 13.2. The average Bonchev–Trinajstić information content (AvgIpc) is 2.23. The van der Waals surface area contributed by atoms with Gasteiger partial charge in [-0.25, -0.2) is 4.79 Å². The van der Waals surface area contributed by atoms with Crippen LogP contribution in [0.15, 0.2) is 29.0 Å². The van der Waals surface area contributed by atoms with Crippen molar-refractivity contribution in [3.8, 4) is 0 Å². The Morgan fingerprint density at radius 2 is 2.31 bits per heavy atom. The normalized spacial score (nSPS) is 10.8. The van der Waals surface area contributed by atoms with Crippen LogP contribution in [-0.4, -0.2) is 11.1 Å². The molecule has 0 radical (unpaired) electrons. The third kappa shape index (κ3) is 2.76. The Hall–Kier alpha value is -1.97. The standard InChI is InChI=1S/C10H8ClN3O2/c1-6-3-2-4-7(9(6)11)5-8(10(15)16)13-14-12/h2-5H,1H3,(H,15,16)/b8-5+. The number of aliphatic carboxylic acids is 1. The number of benzene rings is 1. The fourth-order valence-corrected chi connectivity index (χ4v) is 1.29. The first-order valence-corrected chi connectivity index (χ1v) is 4.69. The molecule has 0 amide bonds. The van der Waals surface area contributed by atoms with E-state index >= 15 is 0 Å². The summed E-state index contributed by atoms with van der Waals surface area (Å²) in [5.74, 6) is -1.30. The largest absolute Gasteiger partial charge is 0.478 e. The van der Waals surface area contributed by atoms with Gasteiger partial charge in [-0.3, -0.25) is 0 Å². The minimum atomic E-state index is -1.30. The molecule has 1 aromatic rings. The summed E-state index contributed by atoms with van der Waals surface area (Å²) < 4.78 is 0. The molecule has 6 heteroatoms. The zero-order valence-corrected chi connectivity index (χ0v) is 9.14. The van der Waals surface area contributed by atoms with Crippen molar-refractivity contribution < 1.29 is 9.90 Å². The molecule has 0 unspecified atom stereocenters. The Labute approximate surface area is 96.6 Å². The van der Waals surface area contributed by atoms with Crippen molar-refractivity contribution in [1.82, 2.24) is 0 Å². The van der Waals surface area contributed by atoms with E-state index in [4.69, 9.17) is 22.2 Å². The number of hydrogen-bond acceptors (Lipinski definition) is 2.